The summed E-state index contributed by atoms with van der Waals surface area (Å²) < 4.78 is 1.35. The van der Waals surface area contributed by atoms with Crippen molar-refractivity contribution in [2.45, 2.75) is 39.0 Å². The molecule has 0 saturated heterocycles. The van der Waals surface area contributed by atoms with Crippen LogP contribution >= 0.6 is 0 Å². The Morgan fingerprint density at radius 1 is 1.25 bits per heavy atom. The van der Waals surface area contributed by atoms with Gasteiger partial charge in [-0.2, -0.15) is 0 Å². The molecule has 0 saturated carbocycles. The second kappa shape index (κ2) is 6.32. The van der Waals surface area contributed by atoms with Crippen molar-refractivity contribution in [1.82, 2.24) is 14.9 Å². The standard InChI is InChI=1S/C10H22N6/c1-2-3-8(6-7-11)4-5-9-14-15-10(12)16(9)13/h8H,2-7,11,13H2,1H3,(H2,12,15). The summed E-state index contributed by atoms with van der Waals surface area (Å²) in [7, 11) is 0. The second-order valence-corrected chi connectivity index (χ2v) is 4.12. The van der Waals surface area contributed by atoms with Crippen LogP contribution in [0.3, 0.4) is 0 Å². The molecule has 0 spiro atoms. The Hall–Kier alpha value is -1.30. The van der Waals surface area contributed by atoms with Gasteiger partial charge < -0.3 is 17.3 Å². The highest BCUT2D eigenvalue weighted by Crippen LogP contribution is 2.17. The Labute approximate surface area is 96.2 Å². The minimum absolute atomic E-state index is 0.265. The maximum atomic E-state index is 5.68. The Balaban J connectivity index is 2.45. The van der Waals surface area contributed by atoms with Gasteiger partial charge in [0.1, 0.15) is 0 Å². The average Bonchev–Trinajstić information content (AvgIpc) is 2.58. The molecule has 0 bridgehead atoms. The molecular formula is C10H22N6. The van der Waals surface area contributed by atoms with Crippen LogP contribution in [0.25, 0.3) is 0 Å². The lowest BCUT2D eigenvalue weighted by Gasteiger charge is -2.14. The maximum Gasteiger partial charge on any atom is 0.240 e. The third-order valence-electron chi connectivity index (χ3n) is 2.84. The molecule has 0 aliphatic heterocycles. The fourth-order valence-electron chi connectivity index (χ4n) is 1.92. The largest absolute Gasteiger partial charge is 0.366 e. The molecule has 0 aromatic carbocycles. The first-order valence-electron chi connectivity index (χ1n) is 5.83. The highest BCUT2D eigenvalue weighted by atomic mass is 15.4. The fourth-order valence-corrected chi connectivity index (χ4v) is 1.92. The number of nitrogens with zero attached hydrogens (tertiary/aromatic N) is 3. The van der Waals surface area contributed by atoms with Gasteiger partial charge in [0.05, 0.1) is 0 Å². The van der Waals surface area contributed by atoms with E-state index in [1.807, 2.05) is 0 Å². The predicted octanol–water partition coefficient (Wildman–Crippen LogP) is 0.272. The smallest absolute Gasteiger partial charge is 0.240 e. The first-order chi connectivity index (χ1) is 7.69. The van der Waals surface area contributed by atoms with Gasteiger partial charge in [0.25, 0.3) is 0 Å². The molecule has 6 nitrogen and oxygen atoms in total. The lowest BCUT2D eigenvalue weighted by Crippen LogP contribution is -2.17. The van der Waals surface area contributed by atoms with E-state index in [1.54, 1.807) is 0 Å². The van der Waals surface area contributed by atoms with E-state index in [-0.39, 0.29) is 5.95 Å². The summed E-state index contributed by atoms with van der Waals surface area (Å²) in [6.45, 7) is 2.93. The summed E-state index contributed by atoms with van der Waals surface area (Å²) in [5.41, 5.74) is 11.1. The van der Waals surface area contributed by atoms with Crippen LogP contribution in [0, 0.1) is 5.92 Å². The van der Waals surface area contributed by atoms with Gasteiger partial charge in [-0.05, 0) is 25.3 Å². The highest BCUT2D eigenvalue weighted by Gasteiger charge is 2.11. The number of hydrogen-bond donors (Lipinski definition) is 3. The number of nitrogens with two attached hydrogens (primary N) is 3. The Kier molecular flexibility index (Phi) is 5.04. The molecule has 1 rings (SSSR count). The molecule has 16 heavy (non-hydrogen) atoms. The molecule has 1 aromatic rings. The summed E-state index contributed by atoms with van der Waals surface area (Å²) in [5, 5.41) is 7.67. The first-order valence-corrected chi connectivity index (χ1v) is 5.83. The van der Waals surface area contributed by atoms with Gasteiger partial charge in [-0.25, -0.2) is 4.68 Å². The zero-order valence-corrected chi connectivity index (χ0v) is 9.89. The van der Waals surface area contributed by atoms with Crippen LogP contribution in [-0.2, 0) is 6.42 Å². The van der Waals surface area contributed by atoms with E-state index in [0.717, 1.165) is 31.6 Å². The first kappa shape index (κ1) is 12.8. The van der Waals surface area contributed by atoms with Gasteiger partial charge in [-0.15, -0.1) is 10.2 Å². The topological polar surface area (TPSA) is 109 Å². The number of nitrogen functional groups attached to an aromatic ring is 2. The van der Waals surface area contributed by atoms with Crippen LogP contribution in [0.4, 0.5) is 5.95 Å². The van der Waals surface area contributed by atoms with Gasteiger partial charge in [-0.1, -0.05) is 19.8 Å². The summed E-state index contributed by atoms with van der Waals surface area (Å²) in [4.78, 5) is 0. The SMILES string of the molecule is CCCC(CCN)CCc1nnc(N)n1N. The molecule has 6 N–H and O–H groups in total. The number of rotatable bonds is 7. The Morgan fingerprint density at radius 2 is 2.00 bits per heavy atom. The molecule has 0 radical (unpaired) electrons. The zero-order chi connectivity index (χ0) is 12.0. The summed E-state index contributed by atoms with van der Waals surface area (Å²) in [6.07, 6.45) is 5.29. The molecular weight excluding hydrogens is 204 g/mol. The van der Waals surface area contributed by atoms with E-state index >= 15 is 0 Å². The van der Waals surface area contributed by atoms with E-state index < -0.39 is 0 Å². The van der Waals surface area contributed by atoms with Crippen molar-refractivity contribution in [3.63, 3.8) is 0 Å². The Bertz CT molecular complexity index is 302. The fraction of sp³-hybridized carbons (Fsp3) is 0.800. The van der Waals surface area contributed by atoms with Crippen molar-refractivity contribution in [2.24, 2.45) is 11.7 Å². The van der Waals surface area contributed by atoms with Crippen molar-refractivity contribution in [3.8, 4) is 0 Å². The number of anilines is 1. The minimum atomic E-state index is 0.265. The quantitative estimate of drug-likeness (QED) is 0.578. The third kappa shape index (κ3) is 3.37. The molecule has 1 aromatic heterocycles. The van der Waals surface area contributed by atoms with Crippen LogP contribution in [0.1, 0.15) is 38.4 Å². The van der Waals surface area contributed by atoms with E-state index in [0.29, 0.717) is 5.92 Å². The summed E-state index contributed by atoms with van der Waals surface area (Å²) >= 11 is 0. The molecule has 6 heteroatoms. The second-order valence-electron chi connectivity index (χ2n) is 4.12. The average molecular weight is 226 g/mol. The van der Waals surface area contributed by atoms with Crippen LogP contribution in [0.2, 0.25) is 0 Å². The molecule has 92 valence electrons. The molecule has 1 unspecified atom stereocenters. The predicted molar refractivity (Wildman–Crippen MR) is 65.0 cm³/mol. The van der Waals surface area contributed by atoms with E-state index in [9.17, 15) is 0 Å². The van der Waals surface area contributed by atoms with Gasteiger partial charge in [0.2, 0.25) is 5.95 Å². The lowest BCUT2D eigenvalue weighted by atomic mass is 9.94. The molecule has 0 fully saturated rings. The molecule has 0 amide bonds. The zero-order valence-electron chi connectivity index (χ0n) is 9.89. The minimum Gasteiger partial charge on any atom is -0.366 e. The number of hydrogen-bond acceptors (Lipinski definition) is 5. The van der Waals surface area contributed by atoms with Gasteiger partial charge >= 0.3 is 0 Å². The van der Waals surface area contributed by atoms with Crippen molar-refractivity contribution in [1.29, 1.82) is 0 Å². The third-order valence-corrected chi connectivity index (χ3v) is 2.84. The Morgan fingerprint density at radius 3 is 2.50 bits per heavy atom. The van der Waals surface area contributed by atoms with Crippen LogP contribution in [-0.4, -0.2) is 21.4 Å². The van der Waals surface area contributed by atoms with Crippen LogP contribution in [0.5, 0.6) is 0 Å². The summed E-state index contributed by atoms with van der Waals surface area (Å²) in [5.74, 6) is 7.34. The molecule has 1 heterocycles. The number of aromatic nitrogens is 3. The normalized spacial score (nSPS) is 12.9. The molecule has 0 aliphatic rings. The summed E-state index contributed by atoms with van der Waals surface area (Å²) in [6, 6.07) is 0. The van der Waals surface area contributed by atoms with E-state index in [1.165, 1.54) is 17.5 Å². The van der Waals surface area contributed by atoms with Crippen molar-refractivity contribution in [3.05, 3.63) is 5.82 Å². The number of aryl methyl sites for hydroxylation is 1. The van der Waals surface area contributed by atoms with Crippen molar-refractivity contribution < 1.29 is 0 Å². The van der Waals surface area contributed by atoms with Gasteiger partial charge in [-0.3, -0.25) is 0 Å². The lowest BCUT2D eigenvalue weighted by molar-refractivity contribution is 0.416. The maximum absolute atomic E-state index is 5.68. The van der Waals surface area contributed by atoms with Crippen LogP contribution < -0.4 is 17.3 Å². The molecule has 1 atom stereocenters. The van der Waals surface area contributed by atoms with Gasteiger partial charge in [0.15, 0.2) is 5.82 Å². The molecule has 0 aliphatic carbocycles. The van der Waals surface area contributed by atoms with Gasteiger partial charge in [0, 0.05) is 6.42 Å². The van der Waals surface area contributed by atoms with Crippen molar-refractivity contribution >= 4 is 5.95 Å². The monoisotopic (exact) mass is 226 g/mol. The highest BCUT2D eigenvalue weighted by molar-refractivity contribution is 5.17. The van der Waals surface area contributed by atoms with E-state index in [4.69, 9.17) is 17.3 Å². The van der Waals surface area contributed by atoms with Crippen molar-refractivity contribution in [2.75, 3.05) is 18.1 Å². The van der Waals surface area contributed by atoms with E-state index in [2.05, 4.69) is 17.1 Å². The van der Waals surface area contributed by atoms with Crippen LogP contribution in [0.15, 0.2) is 0 Å².